The Morgan fingerprint density at radius 2 is 1.71 bits per heavy atom. The minimum absolute atomic E-state index is 0.176. The highest BCUT2D eigenvalue weighted by Crippen LogP contribution is 2.36. The Morgan fingerprint density at radius 1 is 1.18 bits per heavy atom. The zero-order chi connectivity index (χ0) is 13.2. The van der Waals surface area contributed by atoms with E-state index in [0.29, 0.717) is 0 Å². The Balaban J connectivity index is 0.000000317. The minimum atomic E-state index is -2.92. The Hall–Kier alpha value is -0.990. The number of rotatable bonds is 0. The predicted octanol–water partition coefficient (Wildman–Crippen LogP) is 1.18. The van der Waals surface area contributed by atoms with Crippen LogP contribution >= 0.6 is 0 Å². The minimum Gasteiger partial charge on any atom is -0.239 e. The molecule has 1 aromatic carbocycles. The van der Waals surface area contributed by atoms with Crippen molar-refractivity contribution in [3.63, 3.8) is 0 Å². The number of benzene rings is 1. The van der Waals surface area contributed by atoms with Crippen LogP contribution in [-0.4, -0.2) is 10.1 Å². The summed E-state index contributed by atoms with van der Waals surface area (Å²) >= 11 is -1.61. The van der Waals surface area contributed by atoms with Crippen LogP contribution in [0.1, 0.15) is 11.1 Å². The third kappa shape index (κ3) is 3.76. The summed E-state index contributed by atoms with van der Waals surface area (Å²) in [7, 11) is 0. The van der Waals surface area contributed by atoms with Crippen molar-refractivity contribution in [3.05, 3.63) is 34.9 Å². The number of fused-ring (bicyclic) bond motifs is 1. The molecule has 4 N–H and O–H groups in total. The van der Waals surface area contributed by atoms with Crippen molar-refractivity contribution in [2.45, 2.75) is 18.8 Å². The summed E-state index contributed by atoms with van der Waals surface area (Å²) in [4.78, 5) is 0. The molecule has 0 unspecified atom stereocenters. The molecule has 0 heterocycles. The van der Waals surface area contributed by atoms with Crippen molar-refractivity contribution >= 4 is 11.2 Å². The quantitative estimate of drug-likeness (QED) is 0.683. The van der Waals surface area contributed by atoms with Gasteiger partial charge in [0.05, 0.1) is 0 Å². The molecule has 1 aliphatic rings. The van der Waals surface area contributed by atoms with E-state index >= 15 is 0 Å². The number of nitrogens with two attached hydrogens (primary N) is 2. The SMILES string of the molecule is Fc1ccc2c(c1F)CC(F)(F)C2.NS(N)=O. The van der Waals surface area contributed by atoms with Crippen molar-refractivity contribution in [2.75, 3.05) is 0 Å². The van der Waals surface area contributed by atoms with E-state index in [9.17, 15) is 17.6 Å². The first-order valence-corrected chi connectivity index (χ1v) is 5.75. The molecule has 0 aliphatic heterocycles. The van der Waals surface area contributed by atoms with E-state index in [1.807, 2.05) is 0 Å². The molecule has 96 valence electrons. The second-order valence-corrected chi connectivity index (χ2v) is 4.19. The number of alkyl halides is 2. The lowest BCUT2D eigenvalue weighted by atomic mass is 10.1. The van der Waals surface area contributed by atoms with Gasteiger partial charge in [-0.2, -0.15) is 0 Å². The van der Waals surface area contributed by atoms with Crippen LogP contribution in [0.25, 0.3) is 0 Å². The molecule has 0 amide bonds. The molecule has 0 aromatic heterocycles. The van der Waals surface area contributed by atoms with E-state index in [1.165, 1.54) is 6.07 Å². The summed E-state index contributed by atoms with van der Waals surface area (Å²) < 4.78 is 60.2. The van der Waals surface area contributed by atoms with Crippen molar-refractivity contribution in [1.82, 2.24) is 0 Å². The molecule has 17 heavy (non-hydrogen) atoms. The summed E-state index contributed by atoms with van der Waals surface area (Å²) in [6, 6.07) is 2.10. The Labute approximate surface area is 97.5 Å². The highest BCUT2D eigenvalue weighted by Gasteiger charge is 2.39. The maximum absolute atomic E-state index is 12.9. The lowest BCUT2D eigenvalue weighted by Gasteiger charge is -2.04. The van der Waals surface area contributed by atoms with Gasteiger partial charge in [-0.25, -0.2) is 32.0 Å². The standard InChI is InChI=1S/C9H6F4.H4N2OS/c10-7-2-1-5-3-9(12,13)4-6(5)8(7)11;1-4(2)3/h1-2H,3-4H2;1-2H2. The number of hydrogen-bond donors (Lipinski definition) is 2. The van der Waals surface area contributed by atoms with Crippen LogP contribution in [0.5, 0.6) is 0 Å². The smallest absolute Gasteiger partial charge is 0.239 e. The van der Waals surface area contributed by atoms with Crippen LogP contribution < -0.4 is 10.3 Å². The van der Waals surface area contributed by atoms with E-state index in [4.69, 9.17) is 4.21 Å². The molecule has 3 nitrogen and oxygen atoms in total. The molecule has 0 fully saturated rings. The van der Waals surface area contributed by atoms with E-state index in [1.54, 1.807) is 0 Å². The first-order valence-electron chi connectivity index (χ1n) is 4.47. The molecule has 0 atom stereocenters. The van der Waals surface area contributed by atoms with E-state index in [-0.39, 0.29) is 11.1 Å². The summed E-state index contributed by atoms with van der Waals surface area (Å²) in [5, 5.41) is 8.72. The first kappa shape index (κ1) is 14.1. The number of halogens is 4. The van der Waals surface area contributed by atoms with Gasteiger partial charge in [0.2, 0.25) is 0 Å². The number of hydrogen-bond acceptors (Lipinski definition) is 1. The van der Waals surface area contributed by atoms with Gasteiger partial charge in [0.1, 0.15) is 0 Å². The van der Waals surface area contributed by atoms with Crippen LogP contribution in [-0.2, 0) is 24.0 Å². The molecule has 0 saturated carbocycles. The highest BCUT2D eigenvalue weighted by atomic mass is 32.2. The van der Waals surface area contributed by atoms with Crippen molar-refractivity contribution in [3.8, 4) is 0 Å². The summed E-state index contributed by atoms with van der Waals surface area (Å²) in [5.74, 6) is -5.11. The molecule has 0 radical (unpaired) electrons. The third-order valence-corrected chi connectivity index (χ3v) is 2.18. The lowest BCUT2D eigenvalue weighted by Crippen LogP contribution is -2.14. The maximum atomic E-state index is 12.9. The Kier molecular flexibility index (Phi) is 4.23. The van der Waals surface area contributed by atoms with Gasteiger partial charge in [0.25, 0.3) is 5.92 Å². The maximum Gasteiger partial charge on any atom is 0.256 e. The first-order chi connectivity index (χ1) is 7.73. The van der Waals surface area contributed by atoms with Crippen molar-refractivity contribution in [2.24, 2.45) is 10.3 Å². The molecular weight excluding hydrogens is 260 g/mol. The zero-order valence-corrected chi connectivity index (χ0v) is 9.37. The van der Waals surface area contributed by atoms with E-state index < -0.39 is 41.6 Å². The van der Waals surface area contributed by atoms with Crippen LogP contribution in [0.2, 0.25) is 0 Å². The second-order valence-electron chi connectivity index (χ2n) is 3.54. The van der Waals surface area contributed by atoms with Gasteiger partial charge in [-0.05, 0) is 11.6 Å². The van der Waals surface area contributed by atoms with Crippen molar-refractivity contribution < 1.29 is 21.8 Å². The van der Waals surface area contributed by atoms with Crippen LogP contribution in [0.15, 0.2) is 12.1 Å². The highest BCUT2D eigenvalue weighted by molar-refractivity contribution is 7.80. The van der Waals surface area contributed by atoms with E-state index in [2.05, 4.69) is 10.3 Å². The molecule has 2 rings (SSSR count). The lowest BCUT2D eigenvalue weighted by molar-refractivity contribution is 0.0126. The van der Waals surface area contributed by atoms with Gasteiger partial charge in [-0.15, -0.1) is 0 Å². The Bertz CT molecular complexity index is 449. The van der Waals surface area contributed by atoms with Crippen LogP contribution in [0.4, 0.5) is 17.6 Å². The molecule has 0 spiro atoms. The molecular formula is C9H10F4N2OS. The normalized spacial score (nSPS) is 16.4. The van der Waals surface area contributed by atoms with Crippen LogP contribution in [0, 0.1) is 11.6 Å². The third-order valence-electron chi connectivity index (χ3n) is 2.18. The van der Waals surface area contributed by atoms with Gasteiger partial charge < -0.3 is 0 Å². The molecule has 8 heteroatoms. The predicted molar refractivity (Wildman–Crippen MR) is 55.2 cm³/mol. The van der Waals surface area contributed by atoms with Gasteiger partial charge in [0, 0.05) is 18.4 Å². The summed E-state index contributed by atoms with van der Waals surface area (Å²) in [5.41, 5.74) is 0.0360. The largest absolute Gasteiger partial charge is 0.256 e. The van der Waals surface area contributed by atoms with Gasteiger partial charge in [-0.3, -0.25) is 0 Å². The average Bonchev–Trinajstić information content (AvgIpc) is 2.47. The molecule has 1 aromatic rings. The zero-order valence-electron chi connectivity index (χ0n) is 8.55. The second kappa shape index (κ2) is 5.11. The van der Waals surface area contributed by atoms with Crippen LogP contribution in [0.3, 0.4) is 0 Å². The summed E-state index contributed by atoms with van der Waals surface area (Å²) in [6.45, 7) is 0. The van der Waals surface area contributed by atoms with Gasteiger partial charge >= 0.3 is 0 Å². The van der Waals surface area contributed by atoms with Gasteiger partial charge in [0.15, 0.2) is 22.8 Å². The van der Waals surface area contributed by atoms with E-state index in [0.717, 1.165) is 6.07 Å². The monoisotopic (exact) mass is 270 g/mol. The fourth-order valence-electron chi connectivity index (χ4n) is 1.59. The fraction of sp³-hybridized carbons (Fsp3) is 0.333. The topological polar surface area (TPSA) is 69.1 Å². The van der Waals surface area contributed by atoms with Crippen molar-refractivity contribution in [1.29, 1.82) is 0 Å². The molecule has 0 saturated heterocycles. The van der Waals surface area contributed by atoms with Gasteiger partial charge in [-0.1, -0.05) is 6.07 Å². The molecule has 0 bridgehead atoms. The Morgan fingerprint density at radius 3 is 2.24 bits per heavy atom. The average molecular weight is 270 g/mol. The fourth-order valence-corrected chi connectivity index (χ4v) is 1.59. The molecule has 1 aliphatic carbocycles. The summed E-state index contributed by atoms with van der Waals surface area (Å²) in [6.07, 6.45) is -1.18.